The van der Waals surface area contributed by atoms with Crippen molar-refractivity contribution in [3.8, 4) is 0 Å². The van der Waals surface area contributed by atoms with Crippen LogP contribution >= 0.6 is 0 Å². The molecule has 1 rings (SSSR count). The number of hydrogen-bond donors (Lipinski definition) is 1. The summed E-state index contributed by atoms with van der Waals surface area (Å²) in [7, 11) is 0. The van der Waals surface area contributed by atoms with Crippen LogP contribution in [-0.2, 0) is 4.74 Å². The van der Waals surface area contributed by atoms with Gasteiger partial charge in [0.15, 0.2) is 0 Å². The Bertz CT molecular complexity index is 183. The van der Waals surface area contributed by atoms with Gasteiger partial charge in [-0.05, 0) is 38.5 Å². The Morgan fingerprint density at radius 3 is 2.57 bits per heavy atom. The van der Waals surface area contributed by atoms with Gasteiger partial charge in [-0.15, -0.1) is 6.58 Å². The predicted molar refractivity (Wildman–Crippen MR) is 60.2 cm³/mol. The van der Waals surface area contributed by atoms with Crippen LogP contribution in [0.1, 0.15) is 39.5 Å². The van der Waals surface area contributed by atoms with Crippen LogP contribution in [0.15, 0.2) is 12.7 Å². The van der Waals surface area contributed by atoms with Crippen molar-refractivity contribution in [3.63, 3.8) is 0 Å². The van der Waals surface area contributed by atoms with E-state index in [1.807, 2.05) is 13.0 Å². The van der Waals surface area contributed by atoms with Gasteiger partial charge in [-0.3, -0.25) is 0 Å². The first-order chi connectivity index (χ1) is 6.64. The smallest absolute Gasteiger partial charge is 0.0868 e. The molecular formula is C12H23NO. The zero-order chi connectivity index (χ0) is 10.6. The van der Waals surface area contributed by atoms with Gasteiger partial charge < -0.3 is 10.5 Å². The molecule has 1 atom stereocenters. The molecule has 0 saturated heterocycles. The molecule has 1 saturated carbocycles. The fourth-order valence-electron chi connectivity index (χ4n) is 2.33. The van der Waals surface area contributed by atoms with Crippen molar-refractivity contribution in [1.82, 2.24) is 0 Å². The summed E-state index contributed by atoms with van der Waals surface area (Å²) in [5, 5.41) is 0. The van der Waals surface area contributed by atoms with Crippen molar-refractivity contribution in [1.29, 1.82) is 0 Å². The first-order valence-corrected chi connectivity index (χ1v) is 5.66. The van der Waals surface area contributed by atoms with Crippen LogP contribution in [0, 0.1) is 5.92 Å². The number of rotatable bonds is 4. The van der Waals surface area contributed by atoms with E-state index in [1.54, 1.807) is 0 Å². The Hall–Kier alpha value is -0.340. The second-order valence-electron chi connectivity index (χ2n) is 4.44. The minimum Gasteiger partial charge on any atom is -0.373 e. The second-order valence-corrected chi connectivity index (χ2v) is 4.44. The van der Waals surface area contributed by atoms with Gasteiger partial charge in [0, 0.05) is 6.61 Å². The lowest BCUT2D eigenvalue weighted by Gasteiger charge is -2.42. The van der Waals surface area contributed by atoms with Crippen molar-refractivity contribution in [3.05, 3.63) is 12.7 Å². The standard InChI is InChI=1S/C12H23NO/c1-4-11(13)12(14-5-2)8-6-10(3)7-9-12/h4,10-11H,1,5-9,13H2,2-3H3. The van der Waals surface area contributed by atoms with Gasteiger partial charge >= 0.3 is 0 Å². The highest BCUT2D eigenvalue weighted by Crippen LogP contribution is 2.36. The fraction of sp³-hybridized carbons (Fsp3) is 0.833. The summed E-state index contributed by atoms with van der Waals surface area (Å²) in [6, 6.07) is -0.0186. The Balaban J connectivity index is 2.67. The highest BCUT2D eigenvalue weighted by Gasteiger charge is 2.38. The van der Waals surface area contributed by atoms with E-state index in [1.165, 1.54) is 12.8 Å². The number of ether oxygens (including phenoxy) is 1. The summed E-state index contributed by atoms with van der Waals surface area (Å²) >= 11 is 0. The topological polar surface area (TPSA) is 35.2 Å². The van der Waals surface area contributed by atoms with E-state index >= 15 is 0 Å². The van der Waals surface area contributed by atoms with E-state index in [2.05, 4.69) is 13.5 Å². The molecule has 0 aromatic heterocycles. The summed E-state index contributed by atoms with van der Waals surface area (Å²) in [5.41, 5.74) is 5.95. The quantitative estimate of drug-likeness (QED) is 0.703. The van der Waals surface area contributed by atoms with Gasteiger partial charge in [0.05, 0.1) is 11.6 Å². The molecule has 0 aromatic carbocycles. The Kier molecular flexibility index (Phi) is 4.14. The molecule has 0 amide bonds. The van der Waals surface area contributed by atoms with E-state index in [-0.39, 0.29) is 11.6 Å². The number of hydrogen-bond acceptors (Lipinski definition) is 2. The first-order valence-electron chi connectivity index (χ1n) is 5.66. The Morgan fingerprint density at radius 2 is 2.14 bits per heavy atom. The Labute approximate surface area is 87.5 Å². The van der Waals surface area contributed by atoms with Gasteiger partial charge in [-0.25, -0.2) is 0 Å². The molecule has 0 aromatic rings. The zero-order valence-electron chi connectivity index (χ0n) is 9.46. The zero-order valence-corrected chi connectivity index (χ0v) is 9.46. The third-order valence-electron chi connectivity index (χ3n) is 3.41. The van der Waals surface area contributed by atoms with Crippen LogP contribution < -0.4 is 5.73 Å². The lowest BCUT2D eigenvalue weighted by Crippen LogP contribution is -2.51. The van der Waals surface area contributed by atoms with Crippen molar-refractivity contribution in [2.75, 3.05) is 6.61 Å². The molecule has 1 unspecified atom stereocenters. The molecule has 14 heavy (non-hydrogen) atoms. The van der Waals surface area contributed by atoms with Crippen LogP contribution in [0.5, 0.6) is 0 Å². The van der Waals surface area contributed by atoms with Crippen LogP contribution in [0.4, 0.5) is 0 Å². The van der Waals surface area contributed by atoms with Gasteiger partial charge in [-0.2, -0.15) is 0 Å². The van der Waals surface area contributed by atoms with E-state index in [9.17, 15) is 0 Å². The van der Waals surface area contributed by atoms with Crippen molar-refractivity contribution < 1.29 is 4.74 Å². The fourth-order valence-corrected chi connectivity index (χ4v) is 2.33. The monoisotopic (exact) mass is 197 g/mol. The molecule has 0 aliphatic heterocycles. The van der Waals surface area contributed by atoms with Gasteiger partial charge in [0.2, 0.25) is 0 Å². The molecule has 82 valence electrons. The largest absolute Gasteiger partial charge is 0.373 e. The summed E-state index contributed by atoms with van der Waals surface area (Å²) < 4.78 is 5.88. The lowest BCUT2D eigenvalue weighted by molar-refractivity contribution is -0.0793. The van der Waals surface area contributed by atoms with Crippen LogP contribution in [0.3, 0.4) is 0 Å². The van der Waals surface area contributed by atoms with Gasteiger partial charge in [0.25, 0.3) is 0 Å². The molecule has 2 N–H and O–H groups in total. The molecule has 1 fully saturated rings. The second kappa shape index (κ2) is 4.94. The summed E-state index contributed by atoms with van der Waals surface area (Å²) in [4.78, 5) is 0. The van der Waals surface area contributed by atoms with E-state index < -0.39 is 0 Å². The third-order valence-corrected chi connectivity index (χ3v) is 3.41. The minimum atomic E-state index is -0.122. The van der Waals surface area contributed by atoms with Gasteiger partial charge in [0.1, 0.15) is 0 Å². The number of nitrogens with two attached hydrogens (primary N) is 1. The molecular weight excluding hydrogens is 174 g/mol. The summed E-state index contributed by atoms with van der Waals surface area (Å²) in [6.45, 7) is 8.86. The molecule has 0 spiro atoms. The molecule has 1 aliphatic rings. The average Bonchev–Trinajstić information content (AvgIpc) is 2.21. The molecule has 2 nitrogen and oxygen atoms in total. The maximum Gasteiger partial charge on any atom is 0.0868 e. The minimum absolute atomic E-state index is 0.0186. The van der Waals surface area contributed by atoms with Crippen molar-refractivity contribution in [2.24, 2.45) is 11.7 Å². The van der Waals surface area contributed by atoms with E-state index in [0.29, 0.717) is 0 Å². The SMILES string of the molecule is C=CC(N)C1(OCC)CCC(C)CC1. The highest BCUT2D eigenvalue weighted by molar-refractivity contribution is 5.02. The molecule has 0 radical (unpaired) electrons. The molecule has 0 heterocycles. The maximum atomic E-state index is 6.07. The van der Waals surface area contributed by atoms with Crippen LogP contribution in [0.2, 0.25) is 0 Å². The third kappa shape index (κ3) is 2.37. The van der Waals surface area contributed by atoms with Crippen molar-refractivity contribution in [2.45, 2.75) is 51.2 Å². The average molecular weight is 197 g/mol. The predicted octanol–water partition coefficient (Wildman–Crippen LogP) is 2.49. The van der Waals surface area contributed by atoms with Crippen molar-refractivity contribution >= 4 is 0 Å². The van der Waals surface area contributed by atoms with E-state index in [4.69, 9.17) is 10.5 Å². The normalized spacial score (nSPS) is 35.2. The van der Waals surface area contributed by atoms with Crippen LogP contribution in [-0.4, -0.2) is 18.2 Å². The maximum absolute atomic E-state index is 6.07. The molecule has 2 heteroatoms. The lowest BCUT2D eigenvalue weighted by atomic mass is 9.75. The van der Waals surface area contributed by atoms with Crippen LogP contribution in [0.25, 0.3) is 0 Å². The van der Waals surface area contributed by atoms with E-state index in [0.717, 1.165) is 25.4 Å². The first kappa shape index (κ1) is 11.7. The summed E-state index contributed by atoms with van der Waals surface area (Å²) in [5.74, 6) is 0.820. The Morgan fingerprint density at radius 1 is 1.57 bits per heavy atom. The van der Waals surface area contributed by atoms with Gasteiger partial charge in [-0.1, -0.05) is 13.0 Å². The molecule has 0 bridgehead atoms. The molecule has 1 aliphatic carbocycles. The summed E-state index contributed by atoms with van der Waals surface area (Å²) in [6.07, 6.45) is 6.43. The highest BCUT2D eigenvalue weighted by atomic mass is 16.5.